The number of amides is 1. The van der Waals surface area contributed by atoms with Crippen LogP contribution in [0, 0.1) is 0 Å². The van der Waals surface area contributed by atoms with Crippen molar-refractivity contribution in [3.8, 4) is 0 Å². The summed E-state index contributed by atoms with van der Waals surface area (Å²) in [5, 5.41) is 3.77. The molecule has 1 rings (SSSR count). The molecular formula is C8H13N3OS. The van der Waals surface area contributed by atoms with E-state index in [4.69, 9.17) is 5.73 Å². The summed E-state index contributed by atoms with van der Waals surface area (Å²) in [4.78, 5) is 15.3. The minimum absolute atomic E-state index is 0.172. The summed E-state index contributed by atoms with van der Waals surface area (Å²) in [6.07, 6.45) is 1.49. The Kier molecular flexibility index (Phi) is 2.56. The van der Waals surface area contributed by atoms with Crippen LogP contribution in [-0.2, 0) is 0 Å². The molecule has 72 valence electrons. The molecule has 0 aliphatic rings. The van der Waals surface area contributed by atoms with Crippen LogP contribution in [0.3, 0.4) is 0 Å². The van der Waals surface area contributed by atoms with E-state index in [1.165, 1.54) is 17.5 Å². The molecule has 0 fully saturated rings. The molecule has 0 saturated heterocycles. The summed E-state index contributed by atoms with van der Waals surface area (Å²) in [6, 6.07) is 0. The number of carbonyl (C=O) groups is 1. The molecule has 3 N–H and O–H groups in total. The first kappa shape index (κ1) is 9.98. The number of anilines is 1. The molecule has 1 aromatic rings. The number of hydrogen-bond acceptors (Lipinski definition) is 4. The number of hydrogen-bond donors (Lipinski definition) is 2. The van der Waals surface area contributed by atoms with E-state index in [1.54, 1.807) is 0 Å². The molecule has 0 atom stereocenters. The van der Waals surface area contributed by atoms with Crippen LogP contribution in [0.2, 0.25) is 0 Å². The second-order valence-corrected chi connectivity index (χ2v) is 4.83. The first-order valence-corrected chi connectivity index (χ1v) is 4.74. The Balaban J connectivity index is 2.70. The predicted molar refractivity (Wildman–Crippen MR) is 53.7 cm³/mol. The number of nitrogen functional groups attached to an aromatic ring is 1. The van der Waals surface area contributed by atoms with Crippen molar-refractivity contribution in [2.24, 2.45) is 0 Å². The van der Waals surface area contributed by atoms with Gasteiger partial charge in [0.15, 0.2) is 5.01 Å². The standard InChI is InChI=1S/C8H13N3OS/c1-8(2,3)11-6(12)7-10-4-5(9)13-7/h4H,9H2,1-3H3,(H,11,12). The Morgan fingerprint density at radius 2 is 2.23 bits per heavy atom. The first-order valence-electron chi connectivity index (χ1n) is 3.92. The maximum absolute atomic E-state index is 11.5. The quantitative estimate of drug-likeness (QED) is 0.715. The molecule has 5 heteroatoms. The molecule has 1 aromatic heterocycles. The van der Waals surface area contributed by atoms with Gasteiger partial charge in [-0.1, -0.05) is 11.3 Å². The second-order valence-electron chi connectivity index (χ2n) is 3.77. The van der Waals surface area contributed by atoms with Gasteiger partial charge in [-0.05, 0) is 20.8 Å². The summed E-state index contributed by atoms with van der Waals surface area (Å²) >= 11 is 1.19. The van der Waals surface area contributed by atoms with Crippen LogP contribution in [0.15, 0.2) is 6.20 Å². The molecule has 0 saturated carbocycles. The van der Waals surface area contributed by atoms with E-state index in [0.717, 1.165) is 0 Å². The minimum atomic E-state index is -0.239. The maximum Gasteiger partial charge on any atom is 0.280 e. The Morgan fingerprint density at radius 1 is 1.62 bits per heavy atom. The number of aromatic nitrogens is 1. The highest BCUT2D eigenvalue weighted by molar-refractivity contribution is 7.17. The highest BCUT2D eigenvalue weighted by Gasteiger charge is 2.17. The molecule has 4 nitrogen and oxygen atoms in total. The molecule has 1 amide bonds. The second kappa shape index (κ2) is 3.33. The van der Waals surface area contributed by atoms with Crippen molar-refractivity contribution >= 4 is 22.2 Å². The van der Waals surface area contributed by atoms with Crippen molar-refractivity contribution in [3.05, 3.63) is 11.2 Å². The van der Waals surface area contributed by atoms with Gasteiger partial charge in [0.2, 0.25) is 0 Å². The van der Waals surface area contributed by atoms with Gasteiger partial charge in [0.25, 0.3) is 5.91 Å². The van der Waals surface area contributed by atoms with Gasteiger partial charge >= 0.3 is 0 Å². The Bertz CT molecular complexity index is 313. The number of thiazole rings is 1. The number of nitrogens with two attached hydrogens (primary N) is 1. The lowest BCUT2D eigenvalue weighted by Gasteiger charge is -2.19. The van der Waals surface area contributed by atoms with Gasteiger partial charge in [0.05, 0.1) is 6.20 Å². The zero-order chi connectivity index (χ0) is 10.1. The molecule has 1 heterocycles. The van der Waals surface area contributed by atoms with Gasteiger partial charge in [-0.3, -0.25) is 4.79 Å². The average Bonchev–Trinajstić information content (AvgIpc) is 2.31. The zero-order valence-corrected chi connectivity index (χ0v) is 8.73. The molecule has 0 radical (unpaired) electrons. The Morgan fingerprint density at radius 3 is 2.62 bits per heavy atom. The average molecular weight is 199 g/mol. The van der Waals surface area contributed by atoms with E-state index >= 15 is 0 Å². The van der Waals surface area contributed by atoms with Crippen LogP contribution in [0.4, 0.5) is 5.00 Å². The first-order chi connectivity index (χ1) is 5.88. The van der Waals surface area contributed by atoms with E-state index in [2.05, 4.69) is 10.3 Å². The summed E-state index contributed by atoms with van der Waals surface area (Å²) < 4.78 is 0. The fourth-order valence-electron chi connectivity index (χ4n) is 0.786. The third kappa shape index (κ3) is 3.02. The molecule has 0 unspecified atom stereocenters. The number of nitrogens with one attached hydrogen (secondary N) is 1. The lowest BCUT2D eigenvalue weighted by Crippen LogP contribution is -2.40. The zero-order valence-electron chi connectivity index (χ0n) is 7.92. The molecular weight excluding hydrogens is 186 g/mol. The Labute approximate surface area is 81.2 Å². The van der Waals surface area contributed by atoms with Crippen LogP contribution in [-0.4, -0.2) is 16.4 Å². The van der Waals surface area contributed by atoms with E-state index in [9.17, 15) is 4.79 Å². The highest BCUT2D eigenvalue weighted by atomic mass is 32.1. The molecule has 0 bridgehead atoms. The third-order valence-electron chi connectivity index (χ3n) is 1.21. The predicted octanol–water partition coefficient (Wildman–Crippen LogP) is 1.25. The van der Waals surface area contributed by atoms with Gasteiger partial charge in [-0.15, -0.1) is 0 Å². The molecule has 0 spiro atoms. The monoisotopic (exact) mass is 199 g/mol. The number of carbonyl (C=O) groups excluding carboxylic acids is 1. The van der Waals surface area contributed by atoms with Crippen LogP contribution < -0.4 is 11.1 Å². The highest BCUT2D eigenvalue weighted by Crippen LogP contribution is 2.15. The lowest BCUT2D eigenvalue weighted by atomic mass is 10.1. The van der Waals surface area contributed by atoms with E-state index in [0.29, 0.717) is 10.0 Å². The van der Waals surface area contributed by atoms with Crippen LogP contribution in [0.25, 0.3) is 0 Å². The van der Waals surface area contributed by atoms with E-state index < -0.39 is 0 Å². The van der Waals surface area contributed by atoms with Gasteiger partial charge in [0.1, 0.15) is 5.00 Å². The summed E-state index contributed by atoms with van der Waals surface area (Å²) in [5.74, 6) is -0.172. The van der Waals surface area contributed by atoms with E-state index in [-0.39, 0.29) is 11.4 Å². The van der Waals surface area contributed by atoms with Crippen molar-refractivity contribution in [2.75, 3.05) is 5.73 Å². The molecule has 0 aliphatic heterocycles. The normalized spacial score (nSPS) is 11.3. The van der Waals surface area contributed by atoms with Crippen molar-refractivity contribution < 1.29 is 4.79 Å². The molecule has 13 heavy (non-hydrogen) atoms. The van der Waals surface area contributed by atoms with Gasteiger partial charge in [0, 0.05) is 5.54 Å². The summed E-state index contributed by atoms with van der Waals surface area (Å²) in [6.45, 7) is 5.76. The Hall–Kier alpha value is -1.10. The summed E-state index contributed by atoms with van der Waals surface area (Å²) in [5.41, 5.74) is 5.22. The largest absolute Gasteiger partial charge is 0.389 e. The van der Waals surface area contributed by atoms with Crippen LogP contribution in [0.5, 0.6) is 0 Å². The molecule has 0 aliphatic carbocycles. The van der Waals surface area contributed by atoms with Crippen LogP contribution in [0.1, 0.15) is 30.6 Å². The van der Waals surface area contributed by atoms with Crippen molar-refractivity contribution in [1.82, 2.24) is 10.3 Å². The molecule has 0 aromatic carbocycles. The van der Waals surface area contributed by atoms with Crippen molar-refractivity contribution in [1.29, 1.82) is 0 Å². The SMILES string of the molecule is CC(C)(C)NC(=O)c1ncc(N)s1. The summed E-state index contributed by atoms with van der Waals surface area (Å²) in [7, 11) is 0. The minimum Gasteiger partial charge on any atom is -0.389 e. The topological polar surface area (TPSA) is 68.0 Å². The lowest BCUT2D eigenvalue weighted by molar-refractivity contribution is 0.0919. The van der Waals surface area contributed by atoms with Gasteiger partial charge in [-0.2, -0.15) is 0 Å². The number of nitrogens with zero attached hydrogens (tertiary/aromatic N) is 1. The number of rotatable bonds is 1. The third-order valence-corrected chi connectivity index (χ3v) is 2.03. The van der Waals surface area contributed by atoms with Crippen molar-refractivity contribution in [3.63, 3.8) is 0 Å². The smallest absolute Gasteiger partial charge is 0.280 e. The van der Waals surface area contributed by atoms with Gasteiger partial charge < -0.3 is 11.1 Å². The fourth-order valence-corrected chi connectivity index (χ4v) is 1.36. The fraction of sp³-hybridized carbons (Fsp3) is 0.500. The maximum atomic E-state index is 11.5. The van der Waals surface area contributed by atoms with E-state index in [1.807, 2.05) is 20.8 Å². The van der Waals surface area contributed by atoms with Crippen molar-refractivity contribution in [2.45, 2.75) is 26.3 Å². The van der Waals surface area contributed by atoms with Crippen LogP contribution >= 0.6 is 11.3 Å². The van der Waals surface area contributed by atoms with Gasteiger partial charge in [-0.25, -0.2) is 4.98 Å².